The topological polar surface area (TPSA) is 75.0 Å². The molecule has 0 amide bonds. The minimum absolute atomic E-state index is 0.271. The lowest BCUT2D eigenvalue weighted by atomic mass is 10.0. The van der Waals surface area contributed by atoms with E-state index in [9.17, 15) is 18.0 Å². The first-order chi connectivity index (χ1) is 16.3. The maximum atomic E-state index is 12.9. The number of H-pyrrole nitrogens is 1. The summed E-state index contributed by atoms with van der Waals surface area (Å²) in [5.41, 5.74) is 3.36. The van der Waals surface area contributed by atoms with Crippen molar-refractivity contribution in [2.24, 2.45) is 0 Å². The number of aryl methyl sites for hydroxylation is 1. The molecule has 34 heavy (non-hydrogen) atoms. The molecule has 0 unspecified atom stereocenters. The SMILES string of the molecule is Cc1onc(-c2ccccc2)c1CN1CCc2nc(-c3ccc(C(F)(F)F)cc3)[nH]c(=O)c2C1. The van der Waals surface area contributed by atoms with Crippen LogP contribution in [0.4, 0.5) is 13.2 Å². The molecule has 5 rings (SSSR count). The molecule has 9 heteroatoms. The van der Waals surface area contributed by atoms with Crippen molar-refractivity contribution >= 4 is 0 Å². The Morgan fingerprint density at radius 1 is 1.06 bits per heavy atom. The van der Waals surface area contributed by atoms with Crippen molar-refractivity contribution in [2.45, 2.75) is 32.6 Å². The minimum Gasteiger partial charge on any atom is -0.361 e. The highest BCUT2D eigenvalue weighted by atomic mass is 19.4. The number of hydrogen-bond acceptors (Lipinski definition) is 5. The maximum absolute atomic E-state index is 12.9. The molecule has 2 aromatic heterocycles. The van der Waals surface area contributed by atoms with E-state index in [1.165, 1.54) is 12.1 Å². The van der Waals surface area contributed by atoms with Gasteiger partial charge in [0.25, 0.3) is 5.56 Å². The lowest BCUT2D eigenvalue weighted by Crippen LogP contribution is -2.35. The molecule has 0 fully saturated rings. The van der Waals surface area contributed by atoms with Gasteiger partial charge in [-0.1, -0.05) is 47.6 Å². The van der Waals surface area contributed by atoms with Gasteiger partial charge in [-0.15, -0.1) is 0 Å². The molecule has 0 saturated heterocycles. The molecule has 0 bridgehead atoms. The van der Waals surface area contributed by atoms with Crippen LogP contribution in [0.3, 0.4) is 0 Å². The van der Waals surface area contributed by atoms with E-state index in [0.717, 1.165) is 34.7 Å². The third-order valence-electron chi connectivity index (χ3n) is 6.05. The van der Waals surface area contributed by atoms with E-state index in [1.807, 2.05) is 37.3 Å². The minimum atomic E-state index is -4.41. The summed E-state index contributed by atoms with van der Waals surface area (Å²) in [5, 5.41) is 4.23. The first-order valence-electron chi connectivity index (χ1n) is 10.8. The molecular formula is C25H21F3N4O2. The Morgan fingerprint density at radius 3 is 2.50 bits per heavy atom. The van der Waals surface area contributed by atoms with Crippen molar-refractivity contribution in [1.29, 1.82) is 0 Å². The highest BCUT2D eigenvalue weighted by molar-refractivity contribution is 5.63. The van der Waals surface area contributed by atoms with Crippen LogP contribution in [0.1, 0.15) is 28.1 Å². The molecule has 174 valence electrons. The van der Waals surface area contributed by atoms with E-state index in [4.69, 9.17) is 4.52 Å². The molecule has 0 atom stereocenters. The van der Waals surface area contributed by atoms with Gasteiger partial charge in [0.05, 0.1) is 16.8 Å². The van der Waals surface area contributed by atoms with Crippen molar-refractivity contribution in [1.82, 2.24) is 20.0 Å². The Hall–Kier alpha value is -3.72. The zero-order chi connectivity index (χ0) is 23.9. The predicted molar refractivity (Wildman–Crippen MR) is 120 cm³/mol. The summed E-state index contributed by atoms with van der Waals surface area (Å²) in [6.07, 6.45) is -3.86. The number of aromatic amines is 1. The van der Waals surface area contributed by atoms with Crippen LogP contribution in [0.5, 0.6) is 0 Å². The molecule has 2 aromatic carbocycles. The Balaban J connectivity index is 1.38. The zero-order valence-electron chi connectivity index (χ0n) is 18.3. The molecule has 3 heterocycles. The van der Waals surface area contributed by atoms with E-state index in [0.29, 0.717) is 42.9 Å². The molecule has 1 N–H and O–H groups in total. The number of aromatic nitrogens is 3. The zero-order valence-corrected chi connectivity index (χ0v) is 18.3. The summed E-state index contributed by atoms with van der Waals surface area (Å²) in [6.45, 7) is 3.52. The van der Waals surface area contributed by atoms with Crippen LogP contribution in [0, 0.1) is 6.92 Å². The molecule has 1 aliphatic rings. The smallest absolute Gasteiger partial charge is 0.361 e. The molecule has 6 nitrogen and oxygen atoms in total. The lowest BCUT2D eigenvalue weighted by molar-refractivity contribution is -0.137. The molecule has 0 radical (unpaired) electrons. The largest absolute Gasteiger partial charge is 0.416 e. The fourth-order valence-corrected chi connectivity index (χ4v) is 4.19. The van der Waals surface area contributed by atoms with Crippen LogP contribution < -0.4 is 5.56 Å². The Morgan fingerprint density at radius 2 is 1.79 bits per heavy atom. The van der Waals surface area contributed by atoms with Gasteiger partial charge in [0.2, 0.25) is 0 Å². The number of alkyl halides is 3. The summed E-state index contributed by atoms with van der Waals surface area (Å²) in [7, 11) is 0. The van der Waals surface area contributed by atoms with Gasteiger partial charge in [0.15, 0.2) is 0 Å². The van der Waals surface area contributed by atoms with Crippen LogP contribution in [0.25, 0.3) is 22.6 Å². The normalized spacial score (nSPS) is 14.2. The van der Waals surface area contributed by atoms with Gasteiger partial charge in [-0.05, 0) is 19.1 Å². The van der Waals surface area contributed by atoms with Crippen LogP contribution >= 0.6 is 0 Å². The number of halogens is 3. The summed E-state index contributed by atoms with van der Waals surface area (Å²) in [5.74, 6) is 1.00. The third kappa shape index (κ3) is 4.26. The lowest BCUT2D eigenvalue weighted by Gasteiger charge is -2.27. The van der Waals surface area contributed by atoms with Gasteiger partial charge in [-0.25, -0.2) is 4.98 Å². The molecule has 0 aliphatic carbocycles. The number of fused-ring (bicyclic) bond motifs is 1. The second-order valence-corrected chi connectivity index (χ2v) is 8.31. The van der Waals surface area contributed by atoms with E-state index in [-0.39, 0.29) is 11.4 Å². The Bertz CT molecular complexity index is 1380. The van der Waals surface area contributed by atoms with Gasteiger partial charge in [0, 0.05) is 42.7 Å². The standard InChI is InChI=1S/C25H21F3N4O2/c1-15-19(22(31-34-15)16-5-3-2-4-6-16)13-32-12-11-21-20(14-32)24(33)30-23(29-21)17-7-9-18(10-8-17)25(26,27)28/h2-10H,11-14H2,1H3,(H,29,30,33). The molecule has 0 saturated carbocycles. The summed E-state index contributed by atoms with van der Waals surface area (Å²) in [6, 6.07) is 14.4. The second-order valence-electron chi connectivity index (χ2n) is 8.31. The average molecular weight is 466 g/mol. The Kier molecular flexibility index (Phi) is 5.57. The van der Waals surface area contributed by atoms with Crippen LogP contribution in [-0.4, -0.2) is 26.6 Å². The van der Waals surface area contributed by atoms with Crippen molar-refractivity contribution in [2.75, 3.05) is 6.54 Å². The first-order valence-corrected chi connectivity index (χ1v) is 10.8. The number of nitrogens with zero attached hydrogens (tertiary/aromatic N) is 3. The second kappa shape index (κ2) is 8.57. The molecular weight excluding hydrogens is 445 g/mol. The third-order valence-corrected chi connectivity index (χ3v) is 6.05. The van der Waals surface area contributed by atoms with E-state index in [1.54, 1.807) is 0 Å². The molecule has 0 spiro atoms. The first kappa shape index (κ1) is 22.1. The van der Waals surface area contributed by atoms with Gasteiger partial charge < -0.3 is 9.51 Å². The van der Waals surface area contributed by atoms with Gasteiger partial charge >= 0.3 is 6.18 Å². The summed E-state index contributed by atoms with van der Waals surface area (Å²) >= 11 is 0. The molecule has 1 aliphatic heterocycles. The number of nitrogens with one attached hydrogen (secondary N) is 1. The van der Waals surface area contributed by atoms with Crippen molar-refractivity contribution in [3.05, 3.63) is 93.1 Å². The summed E-state index contributed by atoms with van der Waals surface area (Å²) < 4.78 is 44.0. The quantitative estimate of drug-likeness (QED) is 0.459. The van der Waals surface area contributed by atoms with Crippen molar-refractivity contribution in [3.8, 4) is 22.6 Å². The highest BCUT2D eigenvalue weighted by Crippen LogP contribution is 2.31. The van der Waals surface area contributed by atoms with E-state index >= 15 is 0 Å². The van der Waals surface area contributed by atoms with Crippen LogP contribution in [-0.2, 0) is 25.7 Å². The number of rotatable bonds is 4. The fourth-order valence-electron chi connectivity index (χ4n) is 4.19. The van der Waals surface area contributed by atoms with Crippen molar-refractivity contribution < 1.29 is 17.7 Å². The van der Waals surface area contributed by atoms with Gasteiger partial charge in [-0.3, -0.25) is 9.69 Å². The van der Waals surface area contributed by atoms with E-state index < -0.39 is 11.7 Å². The number of benzene rings is 2. The van der Waals surface area contributed by atoms with Crippen molar-refractivity contribution in [3.63, 3.8) is 0 Å². The summed E-state index contributed by atoms with van der Waals surface area (Å²) in [4.78, 5) is 22.3. The maximum Gasteiger partial charge on any atom is 0.416 e. The average Bonchev–Trinajstić information content (AvgIpc) is 3.19. The Labute approximate surface area is 193 Å². The van der Waals surface area contributed by atoms with Gasteiger partial charge in [0.1, 0.15) is 17.3 Å². The monoisotopic (exact) mass is 466 g/mol. The fraction of sp³-hybridized carbons (Fsp3) is 0.240. The van der Waals surface area contributed by atoms with Crippen LogP contribution in [0.15, 0.2) is 63.9 Å². The number of hydrogen-bond donors (Lipinski definition) is 1. The molecule has 4 aromatic rings. The van der Waals surface area contributed by atoms with Gasteiger partial charge in [-0.2, -0.15) is 13.2 Å². The predicted octanol–water partition coefficient (Wildman–Crippen LogP) is 4.98. The van der Waals surface area contributed by atoms with Crippen LogP contribution in [0.2, 0.25) is 0 Å². The van der Waals surface area contributed by atoms with E-state index in [2.05, 4.69) is 20.0 Å². The highest BCUT2D eigenvalue weighted by Gasteiger charge is 2.30.